The Bertz CT molecular complexity index is 451. The summed E-state index contributed by atoms with van der Waals surface area (Å²) in [4.78, 5) is 2.30. The molecule has 1 aliphatic carbocycles. The monoisotopic (exact) mass is 254 g/mol. The summed E-state index contributed by atoms with van der Waals surface area (Å²) in [5.41, 5.74) is 0. The van der Waals surface area contributed by atoms with E-state index in [0.29, 0.717) is 5.92 Å². The van der Waals surface area contributed by atoms with Crippen LogP contribution in [0.5, 0.6) is 0 Å². The number of likely N-dealkylation sites (N-methyl/N-ethyl adjacent to an activating group) is 1. The van der Waals surface area contributed by atoms with Crippen molar-refractivity contribution in [1.82, 2.24) is 19.7 Å². The molecule has 1 saturated heterocycles. The van der Waals surface area contributed by atoms with Crippen LogP contribution in [0.2, 0.25) is 0 Å². The summed E-state index contributed by atoms with van der Waals surface area (Å²) in [5, 5.41) is 7.24. The molecule has 1 aromatic heterocycles. The smallest absolute Gasteiger partial charge is 0.195 e. The van der Waals surface area contributed by atoms with Crippen molar-refractivity contribution in [3.63, 3.8) is 0 Å². The van der Waals surface area contributed by atoms with E-state index in [4.69, 9.17) is 17.0 Å². The SMILES string of the molecule is CN1CCOC(Cn2c(C3CC3)n[nH]c2=S)C1. The second kappa shape index (κ2) is 4.51. The molecule has 1 aromatic rings. The number of ether oxygens (including phenoxy) is 1. The van der Waals surface area contributed by atoms with Gasteiger partial charge in [0.25, 0.3) is 0 Å². The summed E-state index contributed by atoms with van der Waals surface area (Å²) in [6, 6.07) is 0. The standard InChI is InChI=1S/C11H18N4OS/c1-14-4-5-16-9(6-14)7-15-10(8-2-3-8)12-13-11(15)17/h8-9H,2-7H2,1H3,(H,13,17). The molecule has 1 aliphatic heterocycles. The highest BCUT2D eigenvalue weighted by molar-refractivity contribution is 7.71. The van der Waals surface area contributed by atoms with Crippen molar-refractivity contribution in [1.29, 1.82) is 0 Å². The first-order chi connectivity index (χ1) is 8.24. The molecule has 1 saturated carbocycles. The molecule has 0 aromatic carbocycles. The molecular weight excluding hydrogens is 236 g/mol. The summed E-state index contributed by atoms with van der Waals surface area (Å²) in [6.07, 6.45) is 2.71. The third-order valence-electron chi connectivity index (χ3n) is 3.46. The Kier molecular flexibility index (Phi) is 3.02. The van der Waals surface area contributed by atoms with E-state index >= 15 is 0 Å². The maximum atomic E-state index is 5.78. The van der Waals surface area contributed by atoms with Gasteiger partial charge in [-0.15, -0.1) is 0 Å². The van der Waals surface area contributed by atoms with Gasteiger partial charge in [0.1, 0.15) is 5.82 Å². The second-order valence-electron chi connectivity index (χ2n) is 5.03. The number of H-pyrrole nitrogens is 1. The number of nitrogens with one attached hydrogen (secondary N) is 1. The fraction of sp³-hybridized carbons (Fsp3) is 0.818. The second-order valence-corrected chi connectivity index (χ2v) is 5.41. The van der Waals surface area contributed by atoms with Gasteiger partial charge >= 0.3 is 0 Å². The maximum absolute atomic E-state index is 5.78. The van der Waals surface area contributed by atoms with Gasteiger partial charge in [0, 0.05) is 19.0 Å². The minimum Gasteiger partial charge on any atom is -0.374 e. The summed E-state index contributed by atoms with van der Waals surface area (Å²) in [7, 11) is 2.13. The molecule has 1 unspecified atom stereocenters. The Hall–Kier alpha value is -0.720. The van der Waals surface area contributed by atoms with Gasteiger partial charge in [0.15, 0.2) is 4.77 Å². The molecule has 2 fully saturated rings. The summed E-state index contributed by atoms with van der Waals surface area (Å²) < 4.78 is 8.63. The van der Waals surface area contributed by atoms with E-state index in [2.05, 4.69) is 26.7 Å². The van der Waals surface area contributed by atoms with Crippen molar-refractivity contribution in [3.8, 4) is 0 Å². The Morgan fingerprint density at radius 3 is 3.06 bits per heavy atom. The van der Waals surface area contributed by atoms with E-state index in [1.54, 1.807) is 0 Å². The molecule has 17 heavy (non-hydrogen) atoms. The molecule has 0 bridgehead atoms. The highest BCUT2D eigenvalue weighted by Gasteiger charge is 2.30. The lowest BCUT2D eigenvalue weighted by Crippen LogP contribution is -2.42. The third kappa shape index (κ3) is 2.43. The zero-order valence-electron chi connectivity index (χ0n) is 10.1. The van der Waals surface area contributed by atoms with Crippen LogP contribution in [0, 0.1) is 4.77 Å². The molecule has 0 radical (unpaired) electrons. The number of hydrogen-bond donors (Lipinski definition) is 1. The lowest BCUT2D eigenvalue weighted by atomic mass is 10.2. The highest BCUT2D eigenvalue weighted by Crippen LogP contribution is 2.38. The molecule has 5 nitrogen and oxygen atoms in total. The molecule has 0 spiro atoms. The zero-order chi connectivity index (χ0) is 11.8. The van der Waals surface area contributed by atoms with E-state index < -0.39 is 0 Å². The van der Waals surface area contributed by atoms with Gasteiger partial charge in [0.05, 0.1) is 19.3 Å². The topological polar surface area (TPSA) is 46.1 Å². The van der Waals surface area contributed by atoms with E-state index in [-0.39, 0.29) is 6.10 Å². The van der Waals surface area contributed by atoms with Crippen LogP contribution in [0.15, 0.2) is 0 Å². The van der Waals surface area contributed by atoms with Gasteiger partial charge in [-0.1, -0.05) is 0 Å². The molecule has 0 amide bonds. The quantitative estimate of drug-likeness (QED) is 0.822. The molecule has 2 heterocycles. The number of morpholine rings is 1. The number of nitrogens with zero attached hydrogens (tertiary/aromatic N) is 3. The number of aromatic nitrogens is 3. The zero-order valence-corrected chi connectivity index (χ0v) is 10.9. The number of rotatable bonds is 3. The van der Waals surface area contributed by atoms with Crippen molar-refractivity contribution in [3.05, 3.63) is 10.6 Å². The van der Waals surface area contributed by atoms with E-state index in [1.165, 1.54) is 12.8 Å². The first kappa shape index (κ1) is 11.4. The van der Waals surface area contributed by atoms with Crippen LogP contribution in [0.3, 0.4) is 0 Å². The molecule has 1 atom stereocenters. The Morgan fingerprint density at radius 2 is 2.35 bits per heavy atom. The van der Waals surface area contributed by atoms with Crippen LogP contribution >= 0.6 is 12.2 Å². The molecule has 6 heteroatoms. The Labute approximate surface area is 106 Å². The van der Waals surface area contributed by atoms with Crippen molar-refractivity contribution in [2.24, 2.45) is 0 Å². The van der Waals surface area contributed by atoms with Crippen molar-refractivity contribution < 1.29 is 4.74 Å². The van der Waals surface area contributed by atoms with Crippen LogP contribution in [0.4, 0.5) is 0 Å². The van der Waals surface area contributed by atoms with E-state index in [1.807, 2.05) is 0 Å². The van der Waals surface area contributed by atoms with Gasteiger partial charge < -0.3 is 14.2 Å². The predicted octanol–water partition coefficient (Wildman–Crippen LogP) is 1.15. The van der Waals surface area contributed by atoms with E-state index in [0.717, 1.165) is 36.8 Å². The van der Waals surface area contributed by atoms with Crippen molar-refractivity contribution >= 4 is 12.2 Å². The van der Waals surface area contributed by atoms with Crippen LogP contribution in [0.1, 0.15) is 24.6 Å². The molecule has 1 N–H and O–H groups in total. The normalized spacial score (nSPS) is 26.3. The van der Waals surface area contributed by atoms with Gasteiger partial charge in [0.2, 0.25) is 0 Å². The fourth-order valence-corrected chi connectivity index (χ4v) is 2.55. The van der Waals surface area contributed by atoms with Gasteiger partial charge in [-0.25, -0.2) is 0 Å². The van der Waals surface area contributed by atoms with E-state index in [9.17, 15) is 0 Å². The van der Waals surface area contributed by atoms with Crippen LogP contribution in [-0.4, -0.2) is 52.5 Å². The first-order valence-electron chi connectivity index (χ1n) is 6.19. The van der Waals surface area contributed by atoms with Gasteiger partial charge in [-0.2, -0.15) is 5.10 Å². The maximum Gasteiger partial charge on any atom is 0.195 e. The number of aromatic amines is 1. The largest absolute Gasteiger partial charge is 0.374 e. The summed E-state index contributed by atoms with van der Waals surface area (Å²) in [6.45, 7) is 3.62. The van der Waals surface area contributed by atoms with Gasteiger partial charge in [-0.05, 0) is 32.1 Å². The third-order valence-corrected chi connectivity index (χ3v) is 3.77. The summed E-state index contributed by atoms with van der Waals surface area (Å²) >= 11 is 5.29. The molecule has 2 aliphatic rings. The average Bonchev–Trinajstić information content (AvgIpc) is 3.07. The summed E-state index contributed by atoms with van der Waals surface area (Å²) in [5.74, 6) is 1.73. The number of hydrogen-bond acceptors (Lipinski definition) is 4. The molecule has 94 valence electrons. The lowest BCUT2D eigenvalue weighted by molar-refractivity contribution is -0.0280. The van der Waals surface area contributed by atoms with Crippen molar-refractivity contribution in [2.45, 2.75) is 31.4 Å². The molecule has 3 rings (SSSR count). The average molecular weight is 254 g/mol. The van der Waals surface area contributed by atoms with Crippen LogP contribution in [-0.2, 0) is 11.3 Å². The fourth-order valence-electron chi connectivity index (χ4n) is 2.34. The molecular formula is C11H18N4OS. The Morgan fingerprint density at radius 1 is 1.53 bits per heavy atom. The predicted molar refractivity (Wildman–Crippen MR) is 66.6 cm³/mol. The highest BCUT2D eigenvalue weighted by atomic mass is 32.1. The first-order valence-corrected chi connectivity index (χ1v) is 6.60. The van der Waals surface area contributed by atoms with Gasteiger partial charge in [-0.3, -0.25) is 5.10 Å². The van der Waals surface area contributed by atoms with Crippen molar-refractivity contribution in [2.75, 3.05) is 26.7 Å². The Balaban J connectivity index is 1.75. The van der Waals surface area contributed by atoms with Crippen LogP contribution in [0.25, 0.3) is 0 Å². The minimum absolute atomic E-state index is 0.232. The van der Waals surface area contributed by atoms with Crippen LogP contribution < -0.4 is 0 Å². The minimum atomic E-state index is 0.232. The lowest BCUT2D eigenvalue weighted by Gasteiger charge is -2.30.